The number of nitrogens with zero attached hydrogens (tertiary/aromatic N) is 6. The van der Waals surface area contributed by atoms with Crippen LogP contribution in [-0.2, 0) is 10.4 Å². The highest BCUT2D eigenvalue weighted by molar-refractivity contribution is 7.09. The highest BCUT2D eigenvalue weighted by atomic mass is 32.1. The van der Waals surface area contributed by atoms with Crippen molar-refractivity contribution in [3.63, 3.8) is 0 Å². The molecule has 3 aliphatic rings. The number of ether oxygens (including phenoxy) is 1. The smallest absolute Gasteiger partial charge is 0.174 e. The van der Waals surface area contributed by atoms with Gasteiger partial charge in [0.2, 0.25) is 0 Å². The van der Waals surface area contributed by atoms with Crippen LogP contribution in [0.3, 0.4) is 0 Å². The van der Waals surface area contributed by atoms with Gasteiger partial charge in [0.05, 0.1) is 36.0 Å². The van der Waals surface area contributed by atoms with E-state index < -0.39 is 5.66 Å². The van der Waals surface area contributed by atoms with E-state index in [4.69, 9.17) is 19.2 Å². The third-order valence-electron chi connectivity index (χ3n) is 7.82. The topological polar surface area (TPSA) is 80.4 Å². The van der Waals surface area contributed by atoms with Gasteiger partial charge in [-0.05, 0) is 61.4 Å². The summed E-state index contributed by atoms with van der Waals surface area (Å²) < 4.78 is 11.3. The van der Waals surface area contributed by atoms with Crippen LogP contribution in [0.4, 0.5) is 5.82 Å². The molecule has 6 heterocycles. The highest BCUT2D eigenvalue weighted by Gasteiger charge is 2.58. The highest BCUT2D eigenvalue weighted by Crippen LogP contribution is 2.57. The molecule has 36 heavy (non-hydrogen) atoms. The van der Waals surface area contributed by atoms with Crippen LogP contribution in [0.15, 0.2) is 70.5 Å². The van der Waals surface area contributed by atoms with Gasteiger partial charge >= 0.3 is 0 Å². The van der Waals surface area contributed by atoms with E-state index in [9.17, 15) is 0 Å². The Labute approximate surface area is 213 Å². The third kappa shape index (κ3) is 3.41. The van der Waals surface area contributed by atoms with Crippen LogP contribution in [0.5, 0.6) is 0 Å². The van der Waals surface area contributed by atoms with E-state index in [2.05, 4.69) is 43.5 Å². The molecule has 0 N–H and O–H groups in total. The fourth-order valence-electron chi connectivity index (χ4n) is 6.43. The first-order valence-corrected chi connectivity index (χ1v) is 13.6. The largest absolute Gasteiger partial charge is 0.379 e. The van der Waals surface area contributed by atoms with E-state index in [0.717, 1.165) is 53.5 Å². The first kappa shape index (κ1) is 22.1. The maximum absolute atomic E-state index is 5.85. The van der Waals surface area contributed by atoms with Crippen LogP contribution in [0, 0.1) is 5.92 Å². The number of anilines is 1. The van der Waals surface area contributed by atoms with Crippen molar-refractivity contribution in [2.75, 3.05) is 31.2 Å². The first-order chi connectivity index (χ1) is 17.9. The summed E-state index contributed by atoms with van der Waals surface area (Å²) in [6.07, 6.45) is 12.3. The first-order valence-electron chi connectivity index (χ1n) is 12.7. The molecule has 0 saturated carbocycles. The molecule has 1 aliphatic carbocycles. The molecule has 3 unspecified atom stereocenters. The zero-order valence-electron chi connectivity index (χ0n) is 20.0. The fraction of sp³-hybridized carbons (Fsp3) is 0.407. The minimum atomic E-state index is -0.635. The van der Waals surface area contributed by atoms with Crippen LogP contribution in [0.1, 0.15) is 42.4 Å². The van der Waals surface area contributed by atoms with E-state index in [1.165, 1.54) is 18.4 Å². The second-order valence-corrected chi connectivity index (χ2v) is 10.6. The Morgan fingerprint density at radius 2 is 1.97 bits per heavy atom. The molecular weight excluding hydrogens is 472 g/mol. The van der Waals surface area contributed by atoms with Crippen LogP contribution in [-0.4, -0.2) is 51.3 Å². The Bertz CT molecular complexity index is 1370. The van der Waals surface area contributed by atoms with Crippen molar-refractivity contribution in [3.05, 3.63) is 76.7 Å². The van der Waals surface area contributed by atoms with Gasteiger partial charge in [0.25, 0.3) is 0 Å². The van der Waals surface area contributed by atoms with Gasteiger partial charge in [0, 0.05) is 36.9 Å². The van der Waals surface area contributed by atoms with Crippen LogP contribution in [0.2, 0.25) is 0 Å². The Hall–Kier alpha value is -3.14. The maximum Gasteiger partial charge on any atom is 0.174 e. The van der Waals surface area contributed by atoms with Crippen molar-refractivity contribution in [1.29, 1.82) is 0 Å². The van der Waals surface area contributed by atoms with Gasteiger partial charge in [0.1, 0.15) is 11.3 Å². The second kappa shape index (κ2) is 9.06. The molecule has 0 bridgehead atoms. The maximum atomic E-state index is 5.85. The average Bonchev–Trinajstić information content (AvgIpc) is 3.67. The quantitative estimate of drug-likeness (QED) is 0.365. The molecule has 2 aliphatic heterocycles. The molecule has 0 radical (unpaired) electrons. The molecule has 0 amide bonds. The van der Waals surface area contributed by atoms with Crippen LogP contribution >= 0.6 is 11.3 Å². The molecule has 4 aromatic heterocycles. The molecule has 2 saturated heterocycles. The van der Waals surface area contributed by atoms with E-state index in [0.29, 0.717) is 19.1 Å². The number of piperidine rings is 1. The van der Waals surface area contributed by atoms with Gasteiger partial charge < -0.3 is 14.2 Å². The summed E-state index contributed by atoms with van der Waals surface area (Å²) in [5.41, 5.74) is 3.57. The predicted octanol–water partition coefficient (Wildman–Crippen LogP) is 4.94. The molecule has 0 aromatic carbocycles. The molecule has 7 rings (SSSR count). The monoisotopic (exact) mass is 500 g/mol. The van der Waals surface area contributed by atoms with Crippen molar-refractivity contribution in [1.82, 2.24) is 25.0 Å². The Kier molecular flexibility index (Phi) is 5.56. The number of allylic oxidation sites excluding steroid dienone is 1. The summed E-state index contributed by atoms with van der Waals surface area (Å²) in [6.45, 7) is 2.97. The van der Waals surface area contributed by atoms with Gasteiger partial charge in [-0.1, -0.05) is 11.2 Å². The number of fused-ring (bicyclic) bond motifs is 2. The summed E-state index contributed by atoms with van der Waals surface area (Å²) in [5.74, 6) is 1.24. The Morgan fingerprint density at radius 3 is 2.81 bits per heavy atom. The van der Waals surface area contributed by atoms with E-state index in [1.54, 1.807) is 17.6 Å². The standard InChI is InChI=1S/C27H28N6O2S/c1-2-5-20-19(4-1)18-23(26-29-11-17-36-26)33(25-9-14-35-31-25)27(20,32-12-15-34-16-13-32)24-8-7-21-22(30-24)6-3-10-28-21/h3,5-11,14,17,19,23H,1-2,4,12-13,15-16,18H2. The number of hydrogen-bond donors (Lipinski definition) is 0. The summed E-state index contributed by atoms with van der Waals surface area (Å²) in [4.78, 5) is 19.7. The lowest BCUT2D eigenvalue weighted by Crippen LogP contribution is -2.66. The van der Waals surface area contributed by atoms with Crippen LogP contribution in [0.25, 0.3) is 11.0 Å². The van der Waals surface area contributed by atoms with Gasteiger partial charge in [-0.3, -0.25) is 9.88 Å². The van der Waals surface area contributed by atoms with Gasteiger partial charge in [-0.25, -0.2) is 9.97 Å². The summed E-state index contributed by atoms with van der Waals surface area (Å²) in [6, 6.07) is 10.3. The van der Waals surface area contributed by atoms with Gasteiger partial charge in [0.15, 0.2) is 11.5 Å². The summed E-state index contributed by atoms with van der Waals surface area (Å²) >= 11 is 1.71. The Morgan fingerprint density at radius 1 is 1.03 bits per heavy atom. The van der Waals surface area contributed by atoms with Crippen molar-refractivity contribution in [3.8, 4) is 0 Å². The number of pyridine rings is 2. The summed E-state index contributed by atoms with van der Waals surface area (Å²) in [5, 5.41) is 7.69. The van der Waals surface area contributed by atoms with Gasteiger partial charge in [-0.15, -0.1) is 11.3 Å². The number of hydrogen-bond acceptors (Lipinski definition) is 9. The number of aromatic nitrogens is 4. The molecule has 9 heteroatoms. The fourth-order valence-corrected chi connectivity index (χ4v) is 7.17. The minimum absolute atomic E-state index is 0.0459. The molecule has 184 valence electrons. The summed E-state index contributed by atoms with van der Waals surface area (Å²) in [7, 11) is 0. The van der Waals surface area contributed by atoms with Crippen LogP contribution < -0.4 is 4.90 Å². The van der Waals surface area contributed by atoms with Crippen molar-refractivity contribution < 1.29 is 9.26 Å². The lowest BCUT2D eigenvalue weighted by molar-refractivity contribution is -0.0294. The van der Waals surface area contributed by atoms with E-state index in [1.807, 2.05) is 30.6 Å². The minimum Gasteiger partial charge on any atom is -0.379 e. The zero-order valence-corrected chi connectivity index (χ0v) is 20.8. The SMILES string of the molecule is C1=C2C(CCC1)CC(c1nccs1)N(c1ccon1)C2(c1ccc2ncccc2n1)N1CCOCC1. The third-order valence-corrected chi connectivity index (χ3v) is 8.70. The molecule has 0 spiro atoms. The molecule has 8 nitrogen and oxygen atoms in total. The van der Waals surface area contributed by atoms with E-state index in [-0.39, 0.29) is 6.04 Å². The lowest BCUT2D eigenvalue weighted by atomic mass is 9.70. The van der Waals surface area contributed by atoms with Crippen molar-refractivity contribution in [2.45, 2.75) is 37.4 Å². The number of thiazole rings is 1. The zero-order chi connectivity index (χ0) is 24.0. The Balaban J connectivity index is 1.55. The molecular formula is C27H28N6O2S. The van der Waals surface area contributed by atoms with Crippen molar-refractivity contribution >= 4 is 28.2 Å². The van der Waals surface area contributed by atoms with E-state index >= 15 is 0 Å². The molecule has 2 fully saturated rings. The number of rotatable bonds is 4. The normalized spacial score (nSPS) is 27.1. The lowest BCUT2D eigenvalue weighted by Gasteiger charge is -2.60. The second-order valence-electron chi connectivity index (χ2n) is 9.65. The molecule has 4 aromatic rings. The number of morpholine rings is 1. The molecule has 3 atom stereocenters. The average molecular weight is 501 g/mol. The van der Waals surface area contributed by atoms with Gasteiger partial charge in [-0.2, -0.15) is 0 Å². The van der Waals surface area contributed by atoms with Crippen molar-refractivity contribution in [2.24, 2.45) is 5.92 Å². The predicted molar refractivity (Wildman–Crippen MR) is 137 cm³/mol.